The Morgan fingerprint density at radius 3 is 2.43 bits per heavy atom. The monoisotopic (exact) mass is 277 g/mol. The molecule has 1 unspecified atom stereocenters. The number of hydrogen-bond donors (Lipinski definition) is 2. The number of phenolic OH excluding ortho intramolecular Hbond substituents is 1. The van der Waals surface area contributed by atoms with Gasteiger partial charge in [-0.15, -0.1) is 0 Å². The summed E-state index contributed by atoms with van der Waals surface area (Å²) >= 11 is 0. The standard InChI is InChI=1S/C19H19NO/c1-14(20-17-9-11-18(21)12-10-17)13-16-7-4-6-15-5-2-3-8-19(15)16/h2-12,14,20-21H,13H2,1H3. The summed E-state index contributed by atoms with van der Waals surface area (Å²) in [4.78, 5) is 0. The molecule has 0 fully saturated rings. The zero-order valence-electron chi connectivity index (χ0n) is 12.1. The fourth-order valence-electron chi connectivity index (χ4n) is 2.69. The zero-order valence-corrected chi connectivity index (χ0v) is 12.1. The van der Waals surface area contributed by atoms with Crippen LogP contribution in [0.4, 0.5) is 5.69 Å². The number of nitrogens with one attached hydrogen (secondary N) is 1. The Balaban J connectivity index is 1.77. The van der Waals surface area contributed by atoms with Gasteiger partial charge in [0, 0.05) is 11.7 Å². The van der Waals surface area contributed by atoms with Crippen molar-refractivity contribution in [1.82, 2.24) is 0 Å². The minimum atomic E-state index is 0.294. The Morgan fingerprint density at radius 1 is 0.905 bits per heavy atom. The van der Waals surface area contributed by atoms with Crippen molar-refractivity contribution in [2.24, 2.45) is 0 Å². The van der Waals surface area contributed by atoms with Gasteiger partial charge in [0.05, 0.1) is 0 Å². The highest BCUT2D eigenvalue weighted by Crippen LogP contribution is 2.21. The number of aromatic hydroxyl groups is 1. The van der Waals surface area contributed by atoms with E-state index in [1.807, 2.05) is 12.1 Å². The maximum Gasteiger partial charge on any atom is 0.115 e. The fourth-order valence-corrected chi connectivity index (χ4v) is 2.69. The van der Waals surface area contributed by atoms with E-state index in [0.717, 1.165) is 12.1 Å². The van der Waals surface area contributed by atoms with Gasteiger partial charge in [0.2, 0.25) is 0 Å². The Bertz CT molecular complexity index is 729. The van der Waals surface area contributed by atoms with Crippen LogP contribution >= 0.6 is 0 Å². The van der Waals surface area contributed by atoms with Crippen molar-refractivity contribution in [3.05, 3.63) is 72.3 Å². The van der Waals surface area contributed by atoms with Gasteiger partial charge in [-0.1, -0.05) is 42.5 Å². The third-order valence-electron chi connectivity index (χ3n) is 3.69. The van der Waals surface area contributed by atoms with E-state index in [1.165, 1.54) is 16.3 Å². The van der Waals surface area contributed by atoms with Gasteiger partial charge in [0.15, 0.2) is 0 Å². The zero-order chi connectivity index (χ0) is 14.7. The van der Waals surface area contributed by atoms with Crippen molar-refractivity contribution < 1.29 is 5.11 Å². The molecule has 0 aliphatic carbocycles. The van der Waals surface area contributed by atoms with Crippen LogP contribution in [0.2, 0.25) is 0 Å². The van der Waals surface area contributed by atoms with Crippen LogP contribution in [0.1, 0.15) is 12.5 Å². The summed E-state index contributed by atoms with van der Waals surface area (Å²) in [6.45, 7) is 2.18. The van der Waals surface area contributed by atoms with Gasteiger partial charge in [-0.2, -0.15) is 0 Å². The summed E-state index contributed by atoms with van der Waals surface area (Å²) < 4.78 is 0. The second-order valence-electron chi connectivity index (χ2n) is 5.43. The van der Waals surface area contributed by atoms with Crippen LogP contribution in [-0.2, 0) is 6.42 Å². The second-order valence-corrected chi connectivity index (χ2v) is 5.43. The summed E-state index contributed by atoms with van der Waals surface area (Å²) in [6, 6.07) is 22.5. The molecule has 0 radical (unpaired) electrons. The number of phenols is 1. The van der Waals surface area contributed by atoms with E-state index in [1.54, 1.807) is 12.1 Å². The molecule has 3 aromatic rings. The molecule has 0 saturated heterocycles. The van der Waals surface area contributed by atoms with E-state index in [4.69, 9.17) is 0 Å². The first kappa shape index (κ1) is 13.5. The minimum Gasteiger partial charge on any atom is -0.508 e. The van der Waals surface area contributed by atoms with E-state index in [2.05, 4.69) is 54.7 Å². The highest BCUT2D eigenvalue weighted by atomic mass is 16.3. The predicted octanol–water partition coefficient (Wildman–Crippen LogP) is 4.59. The molecular weight excluding hydrogens is 258 g/mol. The molecular formula is C19H19NO. The van der Waals surface area contributed by atoms with Crippen molar-refractivity contribution in [1.29, 1.82) is 0 Å². The minimum absolute atomic E-state index is 0.294. The predicted molar refractivity (Wildman–Crippen MR) is 88.8 cm³/mol. The number of benzene rings is 3. The summed E-state index contributed by atoms with van der Waals surface area (Å²) in [6.07, 6.45) is 0.961. The van der Waals surface area contributed by atoms with Crippen LogP contribution < -0.4 is 5.32 Å². The molecule has 0 heterocycles. The third kappa shape index (κ3) is 3.16. The number of hydrogen-bond acceptors (Lipinski definition) is 2. The largest absolute Gasteiger partial charge is 0.508 e. The Labute approximate surface area is 125 Å². The molecule has 106 valence electrons. The van der Waals surface area contributed by atoms with Crippen LogP contribution in [0, 0.1) is 0 Å². The van der Waals surface area contributed by atoms with Crippen LogP contribution in [0.15, 0.2) is 66.7 Å². The average Bonchev–Trinajstić information content (AvgIpc) is 2.50. The SMILES string of the molecule is CC(Cc1cccc2ccccc12)Nc1ccc(O)cc1. The maximum absolute atomic E-state index is 9.32. The molecule has 2 heteroatoms. The molecule has 1 atom stereocenters. The smallest absolute Gasteiger partial charge is 0.115 e. The second kappa shape index (κ2) is 5.88. The molecule has 0 aliphatic rings. The molecule has 0 aliphatic heterocycles. The summed E-state index contributed by atoms with van der Waals surface area (Å²) in [5, 5.41) is 15.4. The molecule has 2 nitrogen and oxygen atoms in total. The van der Waals surface area contributed by atoms with Crippen molar-refractivity contribution in [2.45, 2.75) is 19.4 Å². The summed E-state index contributed by atoms with van der Waals surface area (Å²) in [5.74, 6) is 0.294. The summed E-state index contributed by atoms with van der Waals surface area (Å²) in [7, 11) is 0. The van der Waals surface area contributed by atoms with Gasteiger partial charge in [-0.05, 0) is 53.9 Å². The molecule has 21 heavy (non-hydrogen) atoms. The lowest BCUT2D eigenvalue weighted by Gasteiger charge is -2.16. The van der Waals surface area contributed by atoms with E-state index in [0.29, 0.717) is 11.8 Å². The van der Waals surface area contributed by atoms with Crippen molar-refractivity contribution >= 4 is 16.5 Å². The maximum atomic E-state index is 9.32. The van der Waals surface area contributed by atoms with E-state index in [-0.39, 0.29) is 0 Å². The highest BCUT2D eigenvalue weighted by molar-refractivity contribution is 5.85. The molecule has 0 aromatic heterocycles. The first-order valence-electron chi connectivity index (χ1n) is 7.24. The van der Waals surface area contributed by atoms with Crippen LogP contribution in [0.25, 0.3) is 10.8 Å². The topological polar surface area (TPSA) is 32.3 Å². The van der Waals surface area contributed by atoms with E-state index in [9.17, 15) is 5.11 Å². The lowest BCUT2D eigenvalue weighted by Crippen LogP contribution is -2.18. The lowest BCUT2D eigenvalue weighted by atomic mass is 9.99. The van der Waals surface area contributed by atoms with Crippen molar-refractivity contribution in [3.8, 4) is 5.75 Å². The molecule has 2 N–H and O–H groups in total. The van der Waals surface area contributed by atoms with Gasteiger partial charge in [0.25, 0.3) is 0 Å². The van der Waals surface area contributed by atoms with Crippen molar-refractivity contribution in [3.63, 3.8) is 0 Å². The molecule has 3 rings (SSSR count). The van der Waals surface area contributed by atoms with Gasteiger partial charge < -0.3 is 10.4 Å². The number of fused-ring (bicyclic) bond motifs is 1. The molecule has 0 saturated carbocycles. The van der Waals surface area contributed by atoms with Gasteiger partial charge in [0.1, 0.15) is 5.75 Å². The number of rotatable bonds is 4. The first-order chi connectivity index (χ1) is 10.2. The Kier molecular flexibility index (Phi) is 3.78. The third-order valence-corrected chi connectivity index (χ3v) is 3.69. The Morgan fingerprint density at radius 2 is 1.62 bits per heavy atom. The van der Waals surface area contributed by atoms with Gasteiger partial charge >= 0.3 is 0 Å². The van der Waals surface area contributed by atoms with Crippen molar-refractivity contribution in [2.75, 3.05) is 5.32 Å². The lowest BCUT2D eigenvalue weighted by molar-refractivity contribution is 0.475. The fraction of sp³-hybridized carbons (Fsp3) is 0.158. The number of anilines is 1. The van der Waals surface area contributed by atoms with Gasteiger partial charge in [-0.25, -0.2) is 0 Å². The normalized spacial score (nSPS) is 12.2. The Hall–Kier alpha value is -2.48. The average molecular weight is 277 g/mol. The van der Waals surface area contributed by atoms with Gasteiger partial charge in [-0.3, -0.25) is 0 Å². The molecule has 0 amide bonds. The highest BCUT2D eigenvalue weighted by Gasteiger charge is 2.06. The van der Waals surface area contributed by atoms with Crippen LogP contribution in [0.5, 0.6) is 5.75 Å². The molecule has 0 spiro atoms. The molecule has 3 aromatic carbocycles. The van der Waals surface area contributed by atoms with E-state index < -0.39 is 0 Å². The summed E-state index contributed by atoms with van der Waals surface area (Å²) in [5.41, 5.74) is 2.38. The van der Waals surface area contributed by atoms with E-state index >= 15 is 0 Å². The first-order valence-corrected chi connectivity index (χ1v) is 7.24. The molecule has 0 bridgehead atoms. The van der Waals surface area contributed by atoms with Crippen LogP contribution in [0.3, 0.4) is 0 Å². The quantitative estimate of drug-likeness (QED) is 0.684. The van der Waals surface area contributed by atoms with Crippen LogP contribution in [-0.4, -0.2) is 11.1 Å².